The molecule has 8 aliphatic heterocycles. The molecular weight excluding hydrogens is 1300 g/mol. The van der Waals surface area contributed by atoms with Gasteiger partial charge in [-0.05, 0) is 34.9 Å². The van der Waals surface area contributed by atoms with Crippen molar-refractivity contribution < 1.29 is 72.0 Å². The van der Waals surface area contributed by atoms with E-state index >= 15 is 0 Å². The van der Waals surface area contributed by atoms with Gasteiger partial charge in [0.05, 0.1) is 60.2 Å². The summed E-state index contributed by atoms with van der Waals surface area (Å²) in [6.45, 7) is 13.0. The molecule has 0 aliphatic carbocycles. The molecule has 34 heteroatoms. The lowest BCUT2D eigenvalue weighted by Crippen LogP contribution is -2.68. The van der Waals surface area contributed by atoms with Crippen LogP contribution in [-0.4, -0.2) is 197 Å². The minimum Gasteiger partial charge on any atom is -0.404 e. The zero-order valence-electron chi connectivity index (χ0n) is 53.1. The number of hydrogen-bond acceptors (Lipinski definition) is 24. The van der Waals surface area contributed by atoms with Gasteiger partial charge < -0.3 is 72.0 Å². The van der Waals surface area contributed by atoms with E-state index in [4.69, 9.17) is 56.8 Å². The van der Waals surface area contributed by atoms with Gasteiger partial charge in [0, 0.05) is 49.1 Å². The average molecular weight is 1370 g/mol. The molecule has 12 heterocycles. The normalized spacial score (nSPS) is 32.2. The maximum Gasteiger partial charge on any atom is 0.330 e. The van der Waals surface area contributed by atoms with Gasteiger partial charge >= 0.3 is 22.8 Å². The summed E-state index contributed by atoms with van der Waals surface area (Å²) < 4.78 is 69.6. The van der Waals surface area contributed by atoms with Crippen molar-refractivity contribution in [3.05, 3.63) is 193 Å². The molecule has 2 aromatic carbocycles. The number of fused-ring (bicyclic) bond motifs is 8. The fourth-order valence-corrected chi connectivity index (χ4v) is 19.2. The number of aromatic amines is 4. The number of ether oxygens (including phenoxy) is 9. The first-order valence-electron chi connectivity index (χ1n) is 31.0. The van der Waals surface area contributed by atoms with E-state index in [2.05, 4.69) is 65.0 Å². The number of rotatable bonds is 17. The largest absolute Gasteiger partial charge is 0.404 e. The molecule has 8 fully saturated rings. The van der Waals surface area contributed by atoms with E-state index in [1.165, 1.54) is 62.8 Å². The van der Waals surface area contributed by atoms with Gasteiger partial charge in [-0.25, -0.2) is 19.2 Å². The first-order valence-corrected chi connectivity index (χ1v) is 34.8. The quantitative estimate of drug-likeness (QED) is 0.0283. The molecule has 17 atom stereocenters. The summed E-state index contributed by atoms with van der Waals surface area (Å²) in [6.07, 6.45) is -1.72. The van der Waals surface area contributed by atoms with E-state index in [-0.39, 0.29) is 37.6 Å². The second-order valence-electron chi connectivity index (χ2n) is 25.4. The molecule has 32 nitrogen and oxygen atoms in total. The van der Waals surface area contributed by atoms with Crippen LogP contribution in [0, 0.1) is 11.3 Å². The Hall–Kier alpha value is -7.30. The van der Waals surface area contributed by atoms with E-state index in [1.807, 2.05) is 63.0 Å². The van der Waals surface area contributed by atoms with Crippen molar-refractivity contribution in [3.63, 3.8) is 0 Å². The number of hydrogen-bond donors (Lipinski definition) is 8. The van der Waals surface area contributed by atoms with Crippen LogP contribution in [0.3, 0.4) is 0 Å². The van der Waals surface area contributed by atoms with E-state index < -0.39 is 158 Å². The number of aromatic nitrogens is 8. The number of nitrogens with one attached hydrogen (secondary N) is 4. The highest BCUT2D eigenvalue weighted by atomic mass is 31.1. The lowest BCUT2D eigenvalue weighted by atomic mass is 9.96. The third-order valence-corrected chi connectivity index (χ3v) is 24.8. The van der Waals surface area contributed by atoms with Gasteiger partial charge in [0.1, 0.15) is 77.8 Å². The van der Waals surface area contributed by atoms with Crippen molar-refractivity contribution >= 4 is 26.8 Å². The lowest BCUT2D eigenvalue weighted by Gasteiger charge is -2.45. The summed E-state index contributed by atoms with van der Waals surface area (Å²) in [7, 11) is -3.81. The minimum atomic E-state index is -2.87. The van der Waals surface area contributed by atoms with Gasteiger partial charge in [-0.15, -0.1) is 0 Å². The summed E-state index contributed by atoms with van der Waals surface area (Å²) in [5.41, 5.74) is -8.04. The van der Waals surface area contributed by atoms with Gasteiger partial charge in [-0.1, -0.05) is 95.3 Å². The summed E-state index contributed by atoms with van der Waals surface area (Å²) in [6, 6.07) is 27.3. The third-order valence-electron chi connectivity index (χ3n) is 18.6. The van der Waals surface area contributed by atoms with Crippen molar-refractivity contribution in [2.45, 2.75) is 149 Å². The molecule has 96 heavy (non-hydrogen) atoms. The maximum absolute atomic E-state index is 12.4. The molecule has 8 saturated heterocycles. The topological polar surface area (TPSA) is 426 Å². The Kier molecular flexibility index (Phi) is 20.4. The molecule has 14 rings (SSSR count). The number of benzene rings is 2. The first kappa shape index (κ1) is 70.0. The van der Waals surface area contributed by atoms with Crippen LogP contribution in [0.1, 0.15) is 72.4 Å². The Morgan fingerprint density at radius 2 is 0.906 bits per heavy atom. The molecule has 8 bridgehead atoms. The zero-order chi connectivity index (χ0) is 68.7. The smallest absolute Gasteiger partial charge is 0.330 e. The Balaban J connectivity index is 0.000000135. The van der Waals surface area contributed by atoms with Crippen LogP contribution < -0.4 is 55.4 Å². The Labute approximate surface area is 547 Å². The second-order valence-corrected chi connectivity index (χ2v) is 31.4. The monoisotopic (exact) mass is 1370 g/mol. The molecule has 516 valence electrons. The average Bonchev–Trinajstić information content (AvgIpc) is 1.47. The van der Waals surface area contributed by atoms with Crippen molar-refractivity contribution in [3.8, 4) is 6.07 Å². The maximum atomic E-state index is 12.4. The van der Waals surface area contributed by atoms with E-state index in [1.54, 1.807) is 0 Å². The summed E-state index contributed by atoms with van der Waals surface area (Å²) in [5, 5.41) is 51.1. The van der Waals surface area contributed by atoms with Crippen LogP contribution in [0.15, 0.2) is 148 Å². The molecule has 5 unspecified atom stereocenters. The number of nitrogens with zero attached hydrogens (tertiary/aromatic N) is 5. The van der Waals surface area contributed by atoms with Crippen molar-refractivity contribution in [1.82, 2.24) is 38.2 Å². The van der Waals surface area contributed by atoms with Gasteiger partial charge in [-0.2, -0.15) is 5.26 Å². The highest BCUT2D eigenvalue weighted by molar-refractivity contribution is 7.51. The first-order chi connectivity index (χ1) is 45.8. The second kappa shape index (κ2) is 27.9. The van der Waals surface area contributed by atoms with E-state index in [0.29, 0.717) is 32.4 Å². The molecule has 0 amide bonds. The summed E-state index contributed by atoms with van der Waals surface area (Å²) in [5.74, 6) is 0. The van der Waals surface area contributed by atoms with Crippen molar-refractivity contribution in [2.24, 2.45) is 0 Å². The number of H-pyrrole nitrogens is 4. The van der Waals surface area contributed by atoms with E-state index in [9.17, 15) is 58.8 Å². The van der Waals surface area contributed by atoms with Crippen LogP contribution in [0.4, 0.5) is 0 Å². The Morgan fingerprint density at radius 3 is 1.29 bits per heavy atom. The van der Waals surface area contributed by atoms with Crippen LogP contribution >= 0.6 is 8.15 Å². The molecule has 6 aromatic rings. The SMILES string of the molecule is CC(C)(C)[Si](OC[C@]12COC([C@H](n3ccc(=O)[nH]c3=O)O1)[C@H]2O)(c1ccccc1)c1ccccc1.CC[C@]12COC([C@H](n3ccc(=O)[nH]c3=O)O1)[C@H]2O.CC[C@]12COC([C@H](n3ccc(=O)[nH]c3=O)O1)[C@H]2OP(C)COCC#N.O=c1ccn([C@@H]2O[C@]3(CO)COC2[C@H]3O)c(=O)[nH]1. The minimum absolute atomic E-state index is 0.0193. The fraction of sp³-hybridized carbons (Fsp3) is 0.532. The lowest BCUT2D eigenvalue weighted by molar-refractivity contribution is -0.187. The summed E-state index contributed by atoms with van der Waals surface area (Å²) in [4.78, 5) is 101. The highest BCUT2D eigenvalue weighted by Gasteiger charge is 2.66. The molecule has 0 saturated carbocycles. The summed E-state index contributed by atoms with van der Waals surface area (Å²) >= 11 is 0. The molecule has 4 aromatic heterocycles. The molecular formula is C62H76N9O23PSi. The predicted molar refractivity (Wildman–Crippen MR) is 339 cm³/mol. The molecule has 0 radical (unpaired) electrons. The van der Waals surface area contributed by atoms with Gasteiger partial charge in [0.15, 0.2) is 24.9 Å². The number of nitriles is 1. The fourth-order valence-electron chi connectivity index (χ4n) is 13.5. The Bertz CT molecular complexity index is 4150. The third kappa shape index (κ3) is 12.8. The standard InChI is InChI=1S/C26H30N2O6Si.C15H20N3O6P.C11H14N2O5.C10H12N2O6/c1-25(2,3)35(18-10-6-4-7-11-18,19-12-8-5-9-13-19)33-17-26-16-32-21(22(26)30)23(34-26)28-15-14-20(29)27-24(28)31;1-3-15-8-22-11(12(15)24-25(2)9-21-7-5-16)13(23-15)18-6-4-10(19)17-14(18)20;1-2-11-5-17-7(8(11)15)9(18-11)13-4-3-6(14)12-10(13)16;13-3-10-4-17-6(7(10)15)8(18-10)12-2-1-5(14)11-9(12)16/h4-15,21-23,30H,16-17H2,1-3H3,(H,27,29,31);4,6,11-13H,3,7-9H2,1-2H3,(H,17,19,20);3-4,7-9,15H,2,5H2,1H3,(H,12,14,16);1-2,6-8,13,15H,3-4H2,(H,11,14,16)/t21?,22-,23-,26+;11?,12-,13-,15-,25?;7?,8-,9-,11-;6?,7-,8-,10-/m1111/s1. The van der Waals surface area contributed by atoms with Gasteiger partial charge in [0.25, 0.3) is 30.6 Å². The predicted octanol–water partition coefficient (Wildman–Crippen LogP) is -1.81. The van der Waals surface area contributed by atoms with Crippen LogP contribution in [0.5, 0.6) is 0 Å². The molecule has 8 N–H and O–H groups in total. The van der Waals surface area contributed by atoms with Crippen molar-refractivity contribution in [1.29, 1.82) is 5.26 Å². The van der Waals surface area contributed by atoms with Crippen LogP contribution in [0.2, 0.25) is 5.04 Å². The number of aliphatic hydroxyl groups is 4. The van der Waals surface area contributed by atoms with Crippen LogP contribution in [-0.2, 0) is 51.6 Å². The van der Waals surface area contributed by atoms with Crippen molar-refractivity contribution in [2.75, 3.05) is 59.3 Å². The zero-order valence-corrected chi connectivity index (χ0v) is 55.0. The molecule has 0 spiro atoms. The number of aliphatic hydroxyl groups excluding tert-OH is 4. The van der Waals surface area contributed by atoms with Gasteiger partial charge in [-0.3, -0.25) is 57.4 Å². The van der Waals surface area contributed by atoms with Gasteiger partial charge in [0.2, 0.25) is 0 Å². The highest BCUT2D eigenvalue weighted by Crippen LogP contribution is 2.53. The molecule has 8 aliphatic rings. The van der Waals surface area contributed by atoms with Crippen LogP contribution in [0.25, 0.3) is 0 Å². The Morgan fingerprint density at radius 1 is 0.552 bits per heavy atom. The van der Waals surface area contributed by atoms with E-state index in [0.717, 1.165) is 14.9 Å².